The second-order valence-electron chi connectivity index (χ2n) is 3.73. The third-order valence-electron chi connectivity index (χ3n) is 2.48. The summed E-state index contributed by atoms with van der Waals surface area (Å²) in [5, 5.41) is 18.0. The zero-order chi connectivity index (χ0) is 11.8. The summed E-state index contributed by atoms with van der Waals surface area (Å²) in [4.78, 5) is 6.16. The van der Waals surface area contributed by atoms with Crippen LogP contribution in [0, 0.1) is 0 Å². The summed E-state index contributed by atoms with van der Waals surface area (Å²) < 4.78 is 0. The van der Waals surface area contributed by atoms with E-state index in [9.17, 15) is 0 Å². The zero-order valence-electron chi connectivity index (χ0n) is 9.76. The molecule has 2 N–H and O–H groups in total. The van der Waals surface area contributed by atoms with E-state index < -0.39 is 0 Å². The van der Waals surface area contributed by atoms with Crippen LogP contribution in [-0.4, -0.2) is 34.9 Å². The number of pyridine rings is 1. The highest BCUT2D eigenvalue weighted by atomic mass is 16.3. The van der Waals surface area contributed by atoms with Crippen molar-refractivity contribution in [3.8, 4) is 0 Å². The highest BCUT2D eigenvalue weighted by molar-refractivity contribution is 5.46. The van der Waals surface area contributed by atoms with Gasteiger partial charge in [0, 0.05) is 25.0 Å². The lowest BCUT2D eigenvalue weighted by Gasteiger charge is -2.23. The van der Waals surface area contributed by atoms with Crippen molar-refractivity contribution in [1.29, 1.82) is 0 Å². The van der Waals surface area contributed by atoms with E-state index in [1.807, 2.05) is 12.1 Å². The van der Waals surface area contributed by atoms with E-state index in [0.29, 0.717) is 12.2 Å². The number of aliphatic hydroxyl groups excluding tert-OH is 2. The number of anilines is 1. The molecular formula is C12H20N2O2. The summed E-state index contributed by atoms with van der Waals surface area (Å²) in [7, 11) is 0. The van der Waals surface area contributed by atoms with Crippen LogP contribution in [0.4, 0.5) is 5.69 Å². The number of hydrogen-bond acceptors (Lipinski definition) is 4. The maximum Gasteiger partial charge on any atom is 0.0853 e. The molecule has 0 atom stereocenters. The molecule has 1 aromatic heterocycles. The Morgan fingerprint density at radius 3 is 2.75 bits per heavy atom. The fourth-order valence-electron chi connectivity index (χ4n) is 1.59. The van der Waals surface area contributed by atoms with Gasteiger partial charge in [-0.3, -0.25) is 4.98 Å². The van der Waals surface area contributed by atoms with Crippen molar-refractivity contribution in [3.05, 3.63) is 24.0 Å². The number of aliphatic hydroxyl groups is 2. The molecule has 0 saturated heterocycles. The lowest BCUT2D eigenvalue weighted by Crippen LogP contribution is -2.27. The number of rotatable bonds is 7. The van der Waals surface area contributed by atoms with Gasteiger partial charge in [-0.15, -0.1) is 0 Å². The summed E-state index contributed by atoms with van der Waals surface area (Å²) in [6.07, 6.45) is 3.91. The van der Waals surface area contributed by atoms with Crippen molar-refractivity contribution in [2.45, 2.75) is 26.4 Å². The van der Waals surface area contributed by atoms with Crippen LogP contribution in [0.3, 0.4) is 0 Å². The average molecular weight is 224 g/mol. The van der Waals surface area contributed by atoms with Crippen molar-refractivity contribution < 1.29 is 10.2 Å². The van der Waals surface area contributed by atoms with Crippen molar-refractivity contribution in [2.24, 2.45) is 0 Å². The second-order valence-corrected chi connectivity index (χ2v) is 3.73. The van der Waals surface area contributed by atoms with E-state index in [0.717, 1.165) is 25.1 Å². The minimum Gasteiger partial charge on any atom is -0.395 e. The van der Waals surface area contributed by atoms with Crippen molar-refractivity contribution in [1.82, 2.24) is 4.98 Å². The first-order valence-electron chi connectivity index (χ1n) is 5.73. The topological polar surface area (TPSA) is 56.6 Å². The summed E-state index contributed by atoms with van der Waals surface area (Å²) >= 11 is 0. The molecule has 0 aliphatic heterocycles. The van der Waals surface area contributed by atoms with Gasteiger partial charge in [-0.1, -0.05) is 13.3 Å². The van der Waals surface area contributed by atoms with Crippen LogP contribution in [0.2, 0.25) is 0 Å². The van der Waals surface area contributed by atoms with E-state index in [1.165, 1.54) is 0 Å². The predicted molar refractivity (Wildman–Crippen MR) is 64.4 cm³/mol. The van der Waals surface area contributed by atoms with Gasteiger partial charge in [0.1, 0.15) is 0 Å². The fraction of sp³-hybridized carbons (Fsp3) is 0.583. The number of unbranched alkanes of at least 4 members (excludes halogenated alkanes) is 1. The third kappa shape index (κ3) is 3.79. The van der Waals surface area contributed by atoms with Crippen LogP contribution in [-0.2, 0) is 6.61 Å². The molecule has 16 heavy (non-hydrogen) atoms. The van der Waals surface area contributed by atoms with Gasteiger partial charge in [0.05, 0.1) is 18.9 Å². The SMILES string of the molecule is CCCCN(CCO)c1ccnc(CO)c1. The Hall–Kier alpha value is -1.13. The molecule has 0 amide bonds. The molecule has 0 unspecified atom stereocenters. The molecule has 0 radical (unpaired) electrons. The van der Waals surface area contributed by atoms with Crippen LogP contribution in [0.5, 0.6) is 0 Å². The minimum absolute atomic E-state index is 0.0470. The highest BCUT2D eigenvalue weighted by Crippen LogP contribution is 2.15. The van der Waals surface area contributed by atoms with Gasteiger partial charge in [0.25, 0.3) is 0 Å². The van der Waals surface area contributed by atoms with Gasteiger partial charge in [-0.05, 0) is 18.6 Å². The first kappa shape index (κ1) is 12.9. The molecule has 4 nitrogen and oxygen atoms in total. The molecule has 0 aromatic carbocycles. The Labute approximate surface area is 96.6 Å². The monoisotopic (exact) mass is 224 g/mol. The molecule has 4 heteroatoms. The first-order valence-corrected chi connectivity index (χ1v) is 5.73. The van der Waals surface area contributed by atoms with E-state index in [1.54, 1.807) is 6.20 Å². The Balaban J connectivity index is 2.73. The third-order valence-corrected chi connectivity index (χ3v) is 2.48. The Bertz CT molecular complexity index is 305. The molecule has 90 valence electrons. The minimum atomic E-state index is -0.0470. The number of nitrogens with zero attached hydrogens (tertiary/aromatic N) is 2. The van der Waals surface area contributed by atoms with E-state index in [-0.39, 0.29) is 13.2 Å². The average Bonchev–Trinajstić information content (AvgIpc) is 2.34. The Kier molecular flexibility index (Phi) is 5.82. The van der Waals surface area contributed by atoms with Gasteiger partial charge in [0.15, 0.2) is 0 Å². The zero-order valence-corrected chi connectivity index (χ0v) is 9.76. The lowest BCUT2D eigenvalue weighted by atomic mass is 10.2. The van der Waals surface area contributed by atoms with Gasteiger partial charge in [0.2, 0.25) is 0 Å². The molecule has 1 rings (SSSR count). The van der Waals surface area contributed by atoms with Gasteiger partial charge >= 0.3 is 0 Å². The molecular weight excluding hydrogens is 204 g/mol. The maximum atomic E-state index is 9.02. The van der Waals surface area contributed by atoms with Crippen LogP contribution in [0.25, 0.3) is 0 Å². The van der Waals surface area contributed by atoms with Crippen molar-refractivity contribution in [3.63, 3.8) is 0 Å². The standard InChI is InChI=1S/C12H20N2O2/c1-2-3-6-14(7-8-15)12-4-5-13-11(9-12)10-16/h4-5,9,15-16H,2-3,6-8,10H2,1H3. The number of hydrogen-bond donors (Lipinski definition) is 2. The second kappa shape index (κ2) is 7.19. The van der Waals surface area contributed by atoms with Crippen molar-refractivity contribution >= 4 is 5.69 Å². The van der Waals surface area contributed by atoms with Crippen LogP contribution >= 0.6 is 0 Å². The molecule has 0 saturated carbocycles. The molecule has 0 aliphatic rings. The van der Waals surface area contributed by atoms with E-state index in [4.69, 9.17) is 10.2 Å². The van der Waals surface area contributed by atoms with Crippen molar-refractivity contribution in [2.75, 3.05) is 24.6 Å². The molecule has 0 fully saturated rings. The summed E-state index contributed by atoms with van der Waals surface area (Å²) in [6.45, 7) is 3.78. The van der Waals surface area contributed by atoms with Crippen LogP contribution in [0.1, 0.15) is 25.5 Å². The molecule has 1 heterocycles. The van der Waals surface area contributed by atoms with E-state index >= 15 is 0 Å². The summed E-state index contributed by atoms with van der Waals surface area (Å²) in [5.41, 5.74) is 1.68. The molecule has 0 aliphatic carbocycles. The maximum absolute atomic E-state index is 9.02. The predicted octanol–water partition coefficient (Wildman–Crippen LogP) is 1.17. The van der Waals surface area contributed by atoms with Gasteiger partial charge in [-0.2, -0.15) is 0 Å². The quantitative estimate of drug-likeness (QED) is 0.730. The Morgan fingerprint density at radius 2 is 2.12 bits per heavy atom. The largest absolute Gasteiger partial charge is 0.395 e. The highest BCUT2D eigenvalue weighted by Gasteiger charge is 2.06. The smallest absolute Gasteiger partial charge is 0.0853 e. The van der Waals surface area contributed by atoms with Gasteiger partial charge < -0.3 is 15.1 Å². The molecule has 1 aromatic rings. The van der Waals surface area contributed by atoms with Crippen LogP contribution < -0.4 is 4.90 Å². The van der Waals surface area contributed by atoms with E-state index in [2.05, 4.69) is 16.8 Å². The summed E-state index contributed by atoms with van der Waals surface area (Å²) in [5.74, 6) is 0. The number of aromatic nitrogens is 1. The normalized spacial score (nSPS) is 10.4. The lowest BCUT2D eigenvalue weighted by molar-refractivity contribution is 0.277. The fourth-order valence-corrected chi connectivity index (χ4v) is 1.59. The van der Waals surface area contributed by atoms with Gasteiger partial charge in [-0.25, -0.2) is 0 Å². The molecule has 0 spiro atoms. The summed E-state index contributed by atoms with van der Waals surface area (Å²) in [6, 6.07) is 3.77. The first-order chi connectivity index (χ1) is 7.81. The Morgan fingerprint density at radius 1 is 1.31 bits per heavy atom. The molecule has 0 bridgehead atoms. The van der Waals surface area contributed by atoms with Crippen LogP contribution in [0.15, 0.2) is 18.3 Å².